The van der Waals surface area contributed by atoms with E-state index in [9.17, 15) is 4.79 Å². The van der Waals surface area contributed by atoms with Gasteiger partial charge in [0.2, 0.25) is 0 Å². The molecule has 1 aliphatic carbocycles. The van der Waals surface area contributed by atoms with Gasteiger partial charge in [0, 0.05) is 5.56 Å². The van der Waals surface area contributed by atoms with Gasteiger partial charge in [0.1, 0.15) is 0 Å². The Bertz CT molecular complexity index is 916. The van der Waals surface area contributed by atoms with Crippen LogP contribution in [0.15, 0.2) is 78.9 Å². The maximum atomic E-state index is 13.0. The number of hydrogen-bond donors (Lipinski definition) is 1. The second kappa shape index (κ2) is 8.22. The highest BCUT2D eigenvalue weighted by Crippen LogP contribution is 2.29. The smallest absolute Gasteiger partial charge is 0.252 e. The summed E-state index contributed by atoms with van der Waals surface area (Å²) in [7, 11) is 0. The van der Waals surface area contributed by atoms with Gasteiger partial charge in [-0.2, -0.15) is 0 Å². The van der Waals surface area contributed by atoms with Gasteiger partial charge in [-0.05, 0) is 60.4 Å². The maximum absolute atomic E-state index is 13.0. The van der Waals surface area contributed by atoms with Gasteiger partial charge in [0.15, 0.2) is 0 Å². The van der Waals surface area contributed by atoms with E-state index in [1.807, 2.05) is 24.3 Å². The number of hydrogen-bond acceptors (Lipinski definition) is 1. The summed E-state index contributed by atoms with van der Waals surface area (Å²) in [6.07, 6.45) is 5.05. The Labute approximate surface area is 161 Å². The minimum atomic E-state index is 0.0420. The zero-order valence-electron chi connectivity index (χ0n) is 15.5. The predicted molar refractivity (Wildman–Crippen MR) is 110 cm³/mol. The summed E-state index contributed by atoms with van der Waals surface area (Å²) in [5.41, 5.74) is 5.86. The van der Waals surface area contributed by atoms with Gasteiger partial charge < -0.3 is 5.32 Å². The lowest BCUT2D eigenvalue weighted by atomic mass is 9.87. The normalized spacial score (nSPS) is 15.8. The van der Waals surface area contributed by atoms with E-state index in [0.717, 1.165) is 43.2 Å². The molecule has 1 aliphatic rings. The molecule has 0 heterocycles. The zero-order valence-corrected chi connectivity index (χ0v) is 15.5. The van der Waals surface area contributed by atoms with Crippen LogP contribution in [0.4, 0.5) is 0 Å². The summed E-state index contributed by atoms with van der Waals surface area (Å²) in [5.74, 6) is 0.0420. The molecule has 0 unspecified atom stereocenters. The molecule has 0 bridgehead atoms. The van der Waals surface area contributed by atoms with Crippen LogP contribution in [0.1, 0.15) is 51.5 Å². The third-order valence-electron chi connectivity index (χ3n) is 5.46. The van der Waals surface area contributed by atoms with Crippen molar-refractivity contribution in [3.05, 3.63) is 107 Å². The first-order chi connectivity index (χ1) is 13.3. The van der Waals surface area contributed by atoms with Crippen molar-refractivity contribution in [2.45, 2.75) is 38.1 Å². The third-order valence-corrected chi connectivity index (χ3v) is 5.46. The van der Waals surface area contributed by atoms with Crippen LogP contribution in [-0.4, -0.2) is 5.91 Å². The number of nitrogens with one attached hydrogen (secondary N) is 1. The summed E-state index contributed by atoms with van der Waals surface area (Å²) in [6.45, 7) is 0. The highest BCUT2D eigenvalue weighted by atomic mass is 16.1. The summed E-state index contributed by atoms with van der Waals surface area (Å²) >= 11 is 0. The molecule has 0 saturated carbocycles. The topological polar surface area (TPSA) is 29.1 Å². The second-order valence-electron chi connectivity index (χ2n) is 7.26. The average Bonchev–Trinajstić information content (AvgIpc) is 2.73. The molecule has 27 heavy (non-hydrogen) atoms. The van der Waals surface area contributed by atoms with Crippen LogP contribution < -0.4 is 5.32 Å². The molecule has 0 radical (unpaired) electrons. The molecule has 1 atom stereocenters. The molecule has 4 rings (SSSR count). The van der Waals surface area contributed by atoms with E-state index >= 15 is 0 Å². The van der Waals surface area contributed by atoms with E-state index < -0.39 is 0 Å². The van der Waals surface area contributed by atoms with Crippen molar-refractivity contribution in [3.63, 3.8) is 0 Å². The molecule has 1 amide bonds. The summed E-state index contributed by atoms with van der Waals surface area (Å²) < 4.78 is 0. The molecular formula is C25H25NO. The van der Waals surface area contributed by atoms with Crippen LogP contribution in [0.5, 0.6) is 0 Å². The first-order valence-electron chi connectivity index (χ1n) is 9.82. The molecule has 0 spiro atoms. The standard InChI is InChI=1S/C25H25NO/c27-25(26-24-16-8-13-20-11-4-6-14-22(20)24)23-15-7-5-12-21(23)18-17-19-9-2-1-3-10-19/h1-7,9-12,14-15,24H,8,13,16-18H2,(H,26,27)/t24-/m0/s1. The van der Waals surface area contributed by atoms with Gasteiger partial charge in [-0.1, -0.05) is 72.8 Å². The SMILES string of the molecule is O=C(N[C@H]1CCCc2ccccc21)c1ccccc1CCc1ccccc1. The van der Waals surface area contributed by atoms with Gasteiger partial charge in [0.05, 0.1) is 6.04 Å². The molecule has 0 aliphatic heterocycles. The highest BCUT2D eigenvalue weighted by molar-refractivity contribution is 5.96. The Balaban J connectivity index is 1.50. The van der Waals surface area contributed by atoms with Gasteiger partial charge >= 0.3 is 0 Å². The van der Waals surface area contributed by atoms with E-state index in [1.165, 1.54) is 16.7 Å². The van der Waals surface area contributed by atoms with Gasteiger partial charge in [-0.15, -0.1) is 0 Å². The van der Waals surface area contributed by atoms with Crippen LogP contribution >= 0.6 is 0 Å². The first kappa shape index (κ1) is 17.5. The van der Waals surface area contributed by atoms with Gasteiger partial charge in [-0.25, -0.2) is 0 Å². The lowest BCUT2D eigenvalue weighted by Crippen LogP contribution is -2.31. The average molecular weight is 355 g/mol. The molecule has 3 aromatic carbocycles. The first-order valence-corrected chi connectivity index (χ1v) is 9.82. The fourth-order valence-electron chi connectivity index (χ4n) is 4.02. The minimum Gasteiger partial charge on any atom is -0.345 e. The fraction of sp³-hybridized carbons (Fsp3) is 0.240. The fourth-order valence-corrected chi connectivity index (χ4v) is 4.02. The molecule has 3 aromatic rings. The lowest BCUT2D eigenvalue weighted by Gasteiger charge is -2.26. The van der Waals surface area contributed by atoms with Crippen molar-refractivity contribution in [2.75, 3.05) is 0 Å². The van der Waals surface area contributed by atoms with E-state index in [1.54, 1.807) is 0 Å². The lowest BCUT2D eigenvalue weighted by molar-refractivity contribution is 0.0932. The number of aryl methyl sites for hydroxylation is 3. The van der Waals surface area contributed by atoms with E-state index in [4.69, 9.17) is 0 Å². The Hall–Kier alpha value is -2.87. The summed E-state index contributed by atoms with van der Waals surface area (Å²) in [6, 6.07) is 27.0. The van der Waals surface area contributed by atoms with Crippen LogP contribution in [0.3, 0.4) is 0 Å². The molecule has 0 fully saturated rings. The monoisotopic (exact) mass is 355 g/mol. The second-order valence-corrected chi connectivity index (χ2v) is 7.26. The Morgan fingerprint density at radius 3 is 2.48 bits per heavy atom. The molecule has 136 valence electrons. The molecule has 0 saturated heterocycles. The molecular weight excluding hydrogens is 330 g/mol. The predicted octanol–water partition coefficient (Wildman–Crippen LogP) is 5.28. The summed E-state index contributed by atoms with van der Waals surface area (Å²) in [5, 5.41) is 3.29. The maximum Gasteiger partial charge on any atom is 0.252 e. The number of amides is 1. The van der Waals surface area contributed by atoms with Crippen molar-refractivity contribution >= 4 is 5.91 Å². The van der Waals surface area contributed by atoms with Crippen molar-refractivity contribution in [3.8, 4) is 0 Å². The third kappa shape index (κ3) is 4.11. The number of carbonyl (C=O) groups excluding carboxylic acids is 1. The molecule has 0 aromatic heterocycles. The van der Waals surface area contributed by atoms with Crippen LogP contribution in [-0.2, 0) is 19.3 Å². The van der Waals surface area contributed by atoms with Crippen molar-refractivity contribution < 1.29 is 4.79 Å². The van der Waals surface area contributed by atoms with Gasteiger partial charge in [0.25, 0.3) is 5.91 Å². The van der Waals surface area contributed by atoms with Crippen LogP contribution in [0.25, 0.3) is 0 Å². The minimum absolute atomic E-state index is 0.0420. The Kier molecular flexibility index (Phi) is 5.34. The molecule has 1 N–H and O–H groups in total. The zero-order chi connectivity index (χ0) is 18.5. The van der Waals surface area contributed by atoms with Crippen LogP contribution in [0.2, 0.25) is 0 Å². The van der Waals surface area contributed by atoms with Crippen molar-refractivity contribution in [1.82, 2.24) is 5.32 Å². The van der Waals surface area contributed by atoms with Crippen molar-refractivity contribution in [2.24, 2.45) is 0 Å². The number of carbonyl (C=O) groups is 1. The molecule has 2 heteroatoms. The number of benzene rings is 3. The van der Waals surface area contributed by atoms with E-state index in [-0.39, 0.29) is 11.9 Å². The quantitative estimate of drug-likeness (QED) is 0.663. The molecule has 2 nitrogen and oxygen atoms in total. The van der Waals surface area contributed by atoms with Crippen molar-refractivity contribution in [1.29, 1.82) is 0 Å². The van der Waals surface area contributed by atoms with Crippen LogP contribution in [0, 0.1) is 0 Å². The van der Waals surface area contributed by atoms with E-state index in [2.05, 4.69) is 59.9 Å². The number of rotatable bonds is 5. The van der Waals surface area contributed by atoms with E-state index in [0.29, 0.717) is 0 Å². The number of fused-ring (bicyclic) bond motifs is 1. The Morgan fingerprint density at radius 1 is 0.852 bits per heavy atom. The highest BCUT2D eigenvalue weighted by Gasteiger charge is 2.22. The Morgan fingerprint density at radius 2 is 1.59 bits per heavy atom. The van der Waals surface area contributed by atoms with Gasteiger partial charge in [-0.3, -0.25) is 4.79 Å². The summed E-state index contributed by atoms with van der Waals surface area (Å²) in [4.78, 5) is 13.0. The largest absolute Gasteiger partial charge is 0.345 e.